The van der Waals surface area contributed by atoms with E-state index in [-0.39, 0.29) is 0 Å². The number of nitrogens with zero attached hydrogens (tertiary/aromatic N) is 1. The molecule has 1 rings (SSSR count). The second-order valence-electron chi connectivity index (χ2n) is 2.70. The number of carbonyl (C=O) groups excluding carboxylic acids is 1. The first-order valence-corrected chi connectivity index (χ1v) is 4.75. The maximum atomic E-state index is 12.0. The lowest BCUT2D eigenvalue weighted by atomic mass is 10.3. The molecule has 0 amide bonds. The molecule has 1 aromatic rings. The van der Waals surface area contributed by atoms with Crippen molar-refractivity contribution in [2.24, 2.45) is 0 Å². The van der Waals surface area contributed by atoms with Crippen molar-refractivity contribution < 1.29 is 18.0 Å². The molecule has 0 aliphatic rings. The zero-order valence-corrected chi connectivity index (χ0v) is 8.42. The van der Waals surface area contributed by atoms with Crippen LogP contribution in [0.3, 0.4) is 0 Å². The molecule has 6 heteroatoms. The van der Waals surface area contributed by atoms with Gasteiger partial charge in [0, 0.05) is 4.88 Å². The van der Waals surface area contributed by atoms with Crippen LogP contribution in [0.25, 0.3) is 0 Å². The second kappa shape index (κ2) is 3.68. The van der Waals surface area contributed by atoms with E-state index in [4.69, 9.17) is 0 Å². The van der Waals surface area contributed by atoms with Crippen LogP contribution in [0.4, 0.5) is 13.2 Å². The van der Waals surface area contributed by atoms with E-state index in [0.29, 0.717) is 17.0 Å². The monoisotopic (exact) mass is 223 g/mol. The van der Waals surface area contributed by atoms with Crippen molar-refractivity contribution in [1.29, 1.82) is 0 Å². The van der Waals surface area contributed by atoms with E-state index in [1.165, 1.54) is 0 Å². The van der Waals surface area contributed by atoms with Gasteiger partial charge >= 0.3 is 6.18 Å². The third-order valence-corrected chi connectivity index (χ3v) is 2.69. The van der Waals surface area contributed by atoms with Crippen molar-refractivity contribution in [2.45, 2.75) is 26.4 Å². The summed E-state index contributed by atoms with van der Waals surface area (Å²) in [5, 5.41) is -0.466. The minimum Gasteiger partial charge on any atom is -0.281 e. The molecule has 0 N–H and O–H groups in total. The number of rotatable bonds is 2. The molecule has 1 aromatic heterocycles. The van der Waals surface area contributed by atoms with E-state index in [1.807, 2.05) is 0 Å². The Morgan fingerprint density at radius 3 is 2.43 bits per heavy atom. The number of hydrogen-bond acceptors (Lipinski definition) is 3. The van der Waals surface area contributed by atoms with Crippen LogP contribution >= 0.6 is 11.3 Å². The van der Waals surface area contributed by atoms with E-state index in [1.54, 1.807) is 13.8 Å². The molecule has 0 aromatic carbocycles. The Kier molecular flexibility index (Phi) is 2.94. The molecule has 0 saturated carbocycles. The highest BCUT2D eigenvalue weighted by Crippen LogP contribution is 2.26. The Hall–Kier alpha value is -0.910. The molecule has 0 spiro atoms. The average molecular weight is 223 g/mol. The number of alkyl halides is 3. The zero-order chi connectivity index (χ0) is 10.9. The summed E-state index contributed by atoms with van der Waals surface area (Å²) in [6, 6.07) is 0. The molecule has 0 radical (unpaired) electrons. The maximum absolute atomic E-state index is 12.0. The number of aryl methyl sites for hydroxylation is 2. The van der Waals surface area contributed by atoms with E-state index in [9.17, 15) is 18.0 Å². The van der Waals surface area contributed by atoms with Gasteiger partial charge in [0.05, 0.1) is 5.69 Å². The van der Waals surface area contributed by atoms with E-state index < -0.39 is 17.0 Å². The number of ketones is 1. The lowest BCUT2D eigenvalue weighted by Crippen LogP contribution is -2.22. The second-order valence-corrected chi connectivity index (χ2v) is 3.91. The molecule has 0 fully saturated rings. The van der Waals surface area contributed by atoms with Gasteiger partial charge in [-0.3, -0.25) is 4.79 Å². The summed E-state index contributed by atoms with van der Waals surface area (Å²) in [4.78, 5) is 15.1. The first-order valence-electron chi connectivity index (χ1n) is 3.94. The molecule has 2 nitrogen and oxygen atoms in total. The van der Waals surface area contributed by atoms with E-state index in [0.717, 1.165) is 11.3 Å². The van der Waals surface area contributed by atoms with Crippen LogP contribution in [-0.4, -0.2) is 16.9 Å². The van der Waals surface area contributed by atoms with Gasteiger partial charge in [0.25, 0.3) is 5.78 Å². The van der Waals surface area contributed by atoms with Crippen molar-refractivity contribution in [2.75, 3.05) is 0 Å². The molecular formula is C8H8F3NOS. The molecule has 0 aliphatic carbocycles. The lowest BCUT2D eigenvalue weighted by Gasteiger charge is -2.00. The molecule has 78 valence electrons. The zero-order valence-electron chi connectivity index (χ0n) is 7.60. The van der Waals surface area contributed by atoms with Gasteiger partial charge in [0.1, 0.15) is 0 Å². The minimum absolute atomic E-state index is 0.466. The average Bonchev–Trinajstić information content (AvgIpc) is 2.43. The maximum Gasteiger partial charge on any atom is 0.457 e. The predicted octanol–water partition coefficient (Wildman–Crippen LogP) is 2.76. The first-order chi connectivity index (χ1) is 6.36. The molecule has 0 saturated heterocycles. The number of thiazole rings is 1. The Balaban J connectivity index is 3.03. The van der Waals surface area contributed by atoms with Crippen LogP contribution in [0.15, 0.2) is 0 Å². The number of halogens is 3. The number of aromatic nitrogens is 1. The molecule has 0 atom stereocenters. The van der Waals surface area contributed by atoms with Gasteiger partial charge in [-0.1, -0.05) is 6.92 Å². The largest absolute Gasteiger partial charge is 0.457 e. The van der Waals surface area contributed by atoms with Gasteiger partial charge in [-0.05, 0) is 13.3 Å². The van der Waals surface area contributed by atoms with Gasteiger partial charge in [0.15, 0.2) is 5.01 Å². The quantitative estimate of drug-likeness (QED) is 0.721. The van der Waals surface area contributed by atoms with Crippen LogP contribution in [0, 0.1) is 6.92 Å². The van der Waals surface area contributed by atoms with Crippen molar-refractivity contribution in [1.82, 2.24) is 4.98 Å². The highest BCUT2D eigenvalue weighted by molar-refractivity contribution is 7.13. The highest BCUT2D eigenvalue weighted by atomic mass is 32.1. The number of carbonyl (C=O) groups is 1. The van der Waals surface area contributed by atoms with Crippen LogP contribution < -0.4 is 0 Å². The van der Waals surface area contributed by atoms with Crippen LogP contribution in [0.2, 0.25) is 0 Å². The van der Waals surface area contributed by atoms with Gasteiger partial charge < -0.3 is 0 Å². The standard InChI is InChI=1S/C8H8F3NOS/c1-3-5-4(2)14-7(12-5)6(13)8(9,10)11/h3H2,1-2H3. The third-order valence-electron chi connectivity index (χ3n) is 1.68. The van der Waals surface area contributed by atoms with Crippen molar-refractivity contribution in [3.8, 4) is 0 Å². The first kappa shape index (κ1) is 11.2. The van der Waals surface area contributed by atoms with Crippen LogP contribution in [0.1, 0.15) is 27.3 Å². The molecule has 0 unspecified atom stereocenters. The van der Waals surface area contributed by atoms with Gasteiger partial charge in [-0.15, -0.1) is 11.3 Å². The fraction of sp³-hybridized carbons (Fsp3) is 0.500. The highest BCUT2D eigenvalue weighted by Gasteiger charge is 2.41. The normalized spacial score (nSPS) is 11.8. The fourth-order valence-electron chi connectivity index (χ4n) is 0.974. The summed E-state index contributed by atoms with van der Waals surface area (Å²) in [6.07, 6.45) is -4.29. The Morgan fingerprint density at radius 2 is 2.07 bits per heavy atom. The van der Waals surface area contributed by atoms with Crippen LogP contribution in [0.5, 0.6) is 0 Å². The van der Waals surface area contributed by atoms with Crippen LogP contribution in [-0.2, 0) is 6.42 Å². The van der Waals surface area contributed by atoms with Crippen molar-refractivity contribution in [3.05, 3.63) is 15.6 Å². The SMILES string of the molecule is CCc1nc(C(=O)C(F)(F)F)sc1C. The Bertz CT molecular complexity index is 356. The minimum atomic E-state index is -4.82. The Morgan fingerprint density at radius 1 is 1.50 bits per heavy atom. The van der Waals surface area contributed by atoms with Gasteiger partial charge in [-0.25, -0.2) is 4.98 Å². The van der Waals surface area contributed by atoms with Gasteiger partial charge in [0.2, 0.25) is 0 Å². The molecule has 1 heterocycles. The lowest BCUT2D eigenvalue weighted by molar-refractivity contribution is -0.0885. The van der Waals surface area contributed by atoms with Crippen molar-refractivity contribution in [3.63, 3.8) is 0 Å². The topological polar surface area (TPSA) is 30.0 Å². The van der Waals surface area contributed by atoms with Gasteiger partial charge in [-0.2, -0.15) is 13.2 Å². The summed E-state index contributed by atoms with van der Waals surface area (Å²) >= 11 is 0.793. The third kappa shape index (κ3) is 2.12. The predicted molar refractivity (Wildman–Crippen MR) is 46.6 cm³/mol. The molecule has 0 bridgehead atoms. The summed E-state index contributed by atoms with van der Waals surface area (Å²) < 4.78 is 36.0. The summed E-state index contributed by atoms with van der Waals surface area (Å²) in [5.41, 5.74) is 0.558. The number of hydrogen-bond donors (Lipinski definition) is 0. The summed E-state index contributed by atoms with van der Waals surface area (Å²) in [6.45, 7) is 3.44. The molecular weight excluding hydrogens is 215 g/mol. The smallest absolute Gasteiger partial charge is 0.281 e. The number of Topliss-reactive ketones (excluding diaryl/α,β-unsaturated/α-hetero) is 1. The summed E-state index contributed by atoms with van der Waals surface area (Å²) in [7, 11) is 0. The van der Waals surface area contributed by atoms with Crippen molar-refractivity contribution >= 4 is 17.1 Å². The molecule has 0 aliphatic heterocycles. The molecule has 14 heavy (non-hydrogen) atoms. The summed E-state index contributed by atoms with van der Waals surface area (Å²) in [5.74, 6) is -1.86. The van der Waals surface area contributed by atoms with E-state index in [2.05, 4.69) is 4.98 Å². The van der Waals surface area contributed by atoms with E-state index >= 15 is 0 Å². The Labute approximate surface area is 82.8 Å². The fourth-order valence-corrected chi connectivity index (χ4v) is 1.94.